The molecule has 2 aromatic rings. The number of nitrogens with two attached hydrogens (primary N) is 2. The van der Waals surface area contributed by atoms with E-state index in [9.17, 15) is 19.8 Å². The van der Waals surface area contributed by atoms with Crippen molar-refractivity contribution in [2.24, 2.45) is 11.5 Å². The standard InChI is InChI=1S/2C9H13NO2.C4H4O4/c2*1-6(10)9(12)7-3-2-4-8(11)5-7;5-3(6)1-2-4(7)8/h2*2-6,9,11-12H,10H2,1H3;1-2H,(H,5,6)(H,7,8)/b;;2-1+/t2*6-,9+;/m00./s1. The fourth-order valence-corrected chi connectivity index (χ4v) is 2.17. The van der Waals surface area contributed by atoms with Gasteiger partial charge >= 0.3 is 11.9 Å². The average molecular weight is 450 g/mol. The number of carbonyl (C=O) groups is 2. The number of aromatic hydroxyl groups is 2. The Kier molecular flexibility index (Phi) is 13.0. The van der Waals surface area contributed by atoms with Gasteiger partial charge in [0, 0.05) is 24.2 Å². The summed E-state index contributed by atoms with van der Waals surface area (Å²) in [6, 6.07) is 12.3. The highest BCUT2D eigenvalue weighted by Gasteiger charge is 2.12. The number of aliphatic hydroxyl groups is 2. The second-order valence-electron chi connectivity index (χ2n) is 6.81. The van der Waals surface area contributed by atoms with Crippen LogP contribution in [-0.2, 0) is 9.59 Å². The molecule has 10 N–H and O–H groups in total. The number of aliphatic carboxylic acids is 2. The zero-order valence-electron chi connectivity index (χ0n) is 17.7. The molecule has 0 bridgehead atoms. The van der Waals surface area contributed by atoms with Gasteiger partial charge < -0.3 is 42.1 Å². The van der Waals surface area contributed by atoms with Crippen LogP contribution in [0.3, 0.4) is 0 Å². The normalized spacial score (nSPS) is 14.1. The Labute approximate surface area is 185 Å². The van der Waals surface area contributed by atoms with Crippen LogP contribution in [0.2, 0.25) is 0 Å². The summed E-state index contributed by atoms with van der Waals surface area (Å²) in [6.07, 6.45) is -0.306. The van der Waals surface area contributed by atoms with E-state index < -0.39 is 24.1 Å². The van der Waals surface area contributed by atoms with E-state index in [1.807, 2.05) is 0 Å². The van der Waals surface area contributed by atoms with Crippen molar-refractivity contribution in [3.8, 4) is 11.5 Å². The Bertz CT molecular complexity index is 812. The van der Waals surface area contributed by atoms with Gasteiger partial charge in [0.1, 0.15) is 11.5 Å². The molecule has 10 nitrogen and oxygen atoms in total. The smallest absolute Gasteiger partial charge is 0.328 e. The van der Waals surface area contributed by atoms with E-state index in [0.29, 0.717) is 23.3 Å². The first-order chi connectivity index (χ1) is 14.8. The first kappa shape index (κ1) is 28.6. The van der Waals surface area contributed by atoms with Gasteiger partial charge in [-0.1, -0.05) is 24.3 Å². The van der Waals surface area contributed by atoms with Gasteiger partial charge in [-0.05, 0) is 49.2 Å². The van der Waals surface area contributed by atoms with Crippen molar-refractivity contribution in [2.45, 2.75) is 38.1 Å². The van der Waals surface area contributed by atoms with E-state index in [4.69, 9.17) is 31.9 Å². The lowest BCUT2D eigenvalue weighted by molar-refractivity contribution is -0.134. The molecule has 0 saturated heterocycles. The van der Waals surface area contributed by atoms with Gasteiger partial charge in [-0.2, -0.15) is 0 Å². The zero-order valence-corrected chi connectivity index (χ0v) is 17.7. The first-order valence-electron chi connectivity index (χ1n) is 9.44. The molecule has 0 unspecified atom stereocenters. The number of benzene rings is 2. The van der Waals surface area contributed by atoms with E-state index in [0.717, 1.165) is 0 Å². The molecule has 0 aromatic heterocycles. The van der Waals surface area contributed by atoms with Crippen molar-refractivity contribution in [1.82, 2.24) is 0 Å². The minimum absolute atomic E-state index is 0.146. The summed E-state index contributed by atoms with van der Waals surface area (Å²) in [6.45, 7) is 3.43. The third kappa shape index (κ3) is 12.3. The first-order valence-corrected chi connectivity index (χ1v) is 9.44. The molecule has 176 valence electrons. The number of rotatable bonds is 6. The Morgan fingerprint density at radius 1 is 0.750 bits per heavy atom. The summed E-state index contributed by atoms with van der Waals surface area (Å²) in [7, 11) is 0. The summed E-state index contributed by atoms with van der Waals surface area (Å²) in [5.74, 6) is -2.22. The fourth-order valence-electron chi connectivity index (χ4n) is 2.17. The molecule has 0 aliphatic heterocycles. The Hall–Kier alpha value is -3.44. The minimum atomic E-state index is -1.26. The molecule has 2 aromatic carbocycles. The number of aliphatic hydroxyl groups excluding tert-OH is 2. The van der Waals surface area contributed by atoms with Crippen molar-refractivity contribution in [1.29, 1.82) is 0 Å². The van der Waals surface area contributed by atoms with Gasteiger partial charge in [-0.25, -0.2) is 9.59 Å². The molecule has 2 rings (SSSR count). The molecule has 32 heavy (non-hydrogen) atoms. The average Bonchev–Trinajstić information content (AvgIpc) is 2.72. The summed E-state index contributed by atoms with van der Waals surface area (Å²) >= 11 is 0. The molecule has 10 heteroatoms. The van der Waals surface area contributed by atoms with Crippen LogP contribution in [0.15, 0.2) is 60.7 Å². The van der Waals surface area contributed by atoms with Gasteiger partial charge in [-0.15, -0.1) is 0 Å². The lowest BCUT2D eigenvalue weighted by Crippen LogP contribution is -2.24. The third-order valence-electron chi connectivity index (χ3n) is 3.79. The highest BCUT2D eigenvalue weighted by Crippen LogP contribution is 2.20. The second kappa shape index (κ2) is 14.5. The predicted molar refractivity (Wildman–Crippen MR) is 118 cm³/mol. The Balaban J connectivity index is 0.000000462. The van der Waals surface area contributed by atoms with Crippen LogP contribution in [0.1, 0.15) is 37.2 Å². The number of phenols is 2. The molecule has 0 saturated carbocycles. The number of phenolic OH excluding ortho intramolecular Hbond substituents is 2. The summed E-state index contributed by atoms with van der Waals surface area (Å²) in [5, 5.41) is 52.8. The summed E-state index contributed by atoms with van der Waals surface area (Å²) < 4.78 is 0. The highest BCUT2D eigenvalue weighted by molar-refractivity contribution is 5.89. The van der Waals surface area contributed by atoms with Crippen LogP contribution in [0, 0.1) is 0 Å². The lowest BCUT2D eigenvalue weighted by Gasteiger charge is -2.14. The molecule has 0 aliphatic rings. The quantitative estimate of drug-likeness (QED) is 0.295. The molecule has 0 fully saturated rings. The third-order valence-corrected chi connectivity index (χ3v) is 3.79. The summed E-state index contributed by atoms with van der Waals surface area (Å²) in [5.41, 5.74) is 12.3. The van der Waals surface area contributed by atoms with Crippen molar-refractivity contribution in [3.05, 3.63) is 71.8 Å². The number of carboxylic acids is 2. The largest absolute Gasteiger partial charge is 0.508 e. The van der Waals surface area contributed by atoms with E-state index >= 15 is 0 Å². The van der Waals surface area contributed by atoms with E-state index in [1.165, 1.54) is 12.1 Å². The zero-order chi connectivity index (χ0) is 24.8. The Morgan fingerprint density at radius 3 is 1.28 bits per heavy atom. The van der Waals surface area contributed by atoms with Gasteiger partial charge in [0.15, 0.2) is 0 Å². The van der Waals surface area contributed by atoms with E-state index in [-0.39, 0.29) is 23.6 Å². The van der Waals surface area contributed by atoms with Crippen LogP contribution in [0.5, 0.6) is 11.5 Å². The molecule has 0 aliphatic carbocycles. The van der Waals surface area contributed by atoms with E-state index in [1.54, 1.807) is 50.2 Å². The SMILES string of the molecule is C[C@H](N)[C@@H](O)c1cccc(O)c1.C[C@H](N)[C@@H](O)c1cccc(O)c1.O=C(O)/C=C/C(=O)O. The van der Waals surface area contributed by atoms with Crippen molar-refractivity contribution < 1.29 is 40.2 Å². The maximum absolute atomic E-state index is 9.55. The van der Waals surface area contributed by atoms with Gasteiger partial charge in [0.2, 0.25) is 0 Å². The maximum Gasteiger partial charge on any atom is 0.328 e. The van der Waals surface area contributed by atoms with Crippen LogP contribution >= 0.6 is 0 Å². The molecular weight excluding hydrogens is 420 g/mol. The van der Waals surface area contributed by atoms with Crippen LogP contribution in [0.4, 0.5) is 0 Å². The molecular formula is C22H30N2O8. The van der Waals surface area contributed by atoms with Gasteiger partial charge in [0.05, 0.1) is 12.2 Å². The van der Waals surface area contributed by atoms with Crippen molar-refractivity contribution >= 4 is 11.9 Å². The molecule has 0 amide bonds. The van der Waals surface area contributed by atoms with Gasteiger partial charge in [0.25, 0.3) is 0 Å². The molecule has 0 heterocycles. The minimum Gasteiger partial charge on any atom is -0.508 e. The van der Waals surface area contributed by atoms with E-state index in [2.05, 4.69) is 0 Å². The Morgan fingerprint density at radius 2 is 1.06 bits per heavy atom. The fraction of sp³-hybridized carbons (Fsp3) is 0.273. The van der Waals surface area contributed by atoms with Crippen LogP contribution in [0.25, 0.3) is 0 Å². The van der Waals surface area contributed by atoms with Crippen LogP contribution < -0.4 is 11.5 Å². The highest BCUT2D eigenvalue weighted by atomic mass is 16.4. The number of hydrogen-bond donors (Lipinski definition) is 8. The van der Waals surface area contributed by atoms with Gasteiger partial charge in [-0.3, -0.25) is 0 Å². The van der Waals surface area contributed by atoms with Crippen molar-refractivity contribution in [2.75, 3.05) is 0 Å². The second-order valence-corrected chi connectivity index (χ2v) is 6.81. The summed E-state index contributed by atoms with van der Waals surface area (Å²) in [4.78, 5) is 19.1. The predicted octanol–water partition coefficient (Wildman–Crippen LogP) is 1.26. The maximum atomic E-state index is 9.55. The van der Waals surface area contributed by atoms with Crippen LogP contribution in [-0.4, -0.2) is 54.7 Å². The molecule has 0 spiro atoms. The lowest BCUT2D eigenvalue weighted by atomic mass is 10.0. The molecule has 4 atom stereocenters. The topological polar surface area (TPSA) is 208 Å². The van der Waals surface area contributed by atoms with Crippen molar-refractivity contribution in [3.63, 3.8) is 0 Å². The monoisotopic (exact) mass is 450 g/mol. The number of carboxylic acid groups (broad SMARTS) is 2. The molecule has 0 radical (unpaired) electrons. The number of hydrogen-bond acceptors (Lipinski definition) is 8.